The van der Waals surface area contributed by atoms with Gasteiger partial charge in [0, 0.05) is 43.2 Å². The zero-order valence-electron chi connectivity index (χ0n) is 25.9. The van der Waals surface area contributed by atoms with Crippen molar-refractivity contribution in [1.82, 2.24) is 14.9 Å². The Morgan fingerprint density at radius 2 is 1.87 bits per heavy atom. The van der Waals surface area contributed by atoms with E-state index >= 15 is 0 Å². The molecule has 0 saturated carbocycles. The number of anilines is 1. The molecule has 3 heterocycles. The zero-order chi connectivity index (χ0) is 31.9. The lowest BCUT2D eigenvalue weighted by Gasteiger charge is -2.27. The maximum atomic E-state index is 9.28. The summed E-state index contributed by atoms with van der Waals surface area (Å²) in [4.78, 5) is 15.0. The van der Waals surface area contributed by atoms with Crippen molar-refractivity contribution in [3.63, 3.8) is 0 Å². The second-order valence-corrected chi connectivity index (χ2v) is 11.7. The topological polar surface area (TPSA) is 109 Å². The second-order valence-electron chi connectivity index (χ2n) is 11.3. The summed E-state index contributed by atoms with van der Waals surface area (Å²) in [6.07, 6.45) is 8.43. The average molecular weight is 635 g/mol. The number of hydrogen-bond acceptors (Lipinski definition) is 8. The van der Waals surface area contributed by atoms with Crippen molar-refractivity contribution in [2.75, 3.05) is 25.5 Å². The number of pyridine rings is 1. The van der Waals surface area contributed by atoms with E-state index in [4.69, 9.17) is 25.5 Å². The van der Waals surface area contributed by atoms with Crippen LogP contribution in [0.4, 0.5) is 6.01 Å². The van der Waals surface area contributed by atoms with Crippen molar-refractivity contribution in [2.45, 2.75) is 45.9 Å². The van der Waals surface area contributed by atoms with Gasteiger partial charge in [-0.05, 0) is 79.4 Å². The Bertz CT molecular complexity index is 1910. The lowest BCUT2D eigenvalue weighted by atomic mass is 9.96. The van der Waals surface area contributed by atoms with Gasteiger partial charge in [-0.3, -0.25) is 14.9 Å². The highest BCUT2D eigenvalue weighted by atomic mass is 35.5. The SMILES string of the molecule is CN=CNc1nc2cc(-c3cccc(COc4cc(OCc5cncc(C#N)c5)c(CN5CCCCC5)cc4Cl)c3C)ccc2o1. The van der Waals surface area contributed by atoms with Gasteiger partial charge in [-0.1, -0.05) is 42.3 Å². The van der Waals surface area contributed by atoms with Crippen molar-refractivity contribution in [1.29, 1.82) is 5.26 Å². The first kappa shape index (κ1) is 31.1. The van der Waals surface area contributed by atoms with Gasteiger partial charge in [0.05, 0.1) is 16.9 Å². The molecule has 6 rings (SSSR count). The molecule has 10 heteroatoms. The minimum Gasteiger partial charge on any atom is -0.488 e. The summed E-state index contributed by atoms with van der Waals surface area (Å²) >= 11 is 6.82. The predicted octanol–water partition coefficient (Wildman–Crippen LogP) is 7.94. The van der Waals surface area contributed by atoms with E-state index in [-0.39, 0.29) is 6.61 Å². The number of rotatable bonds is 11. The minimum absolute atomic E-state index is 0.275. The van der Waals surface area contributed by atoms with Gasteiger partial charge in [-0.15, -0.1) is 0 Å². The number of ether oxygens (including phenoxy) is 2. The number of nitrogens with zero attached hydrogens (tertiary/aromatic N) is 5. The summed E-state index contributed by atoms with van der Waals surface area (Å²) in [6, 6.07) is 20.3. The second kappa shape index (κ2) is 14.5. The van der Waals surface area contributed by atoms with E-state index in [1.54, 1.807) is 25.5 Å². The van der Waals surface area contributed by atoms with Crippen LogP contribution in [0, 0.1) is 18.3 Å². The summed E-state index contributed by atoms with van der Waals surface area (Å²) < 4.78 is 18.4. The van der Waals surface area contributed by atoms with Crippen LogP contribution in [-0.2, 0) is 19.8 Å². The lowest BCUT2D eigenvalue weighted by molar-refractivity contribution is 0.214. The molecule has 0 unspecified atom stereocenters. The highest BCUT2D eigenvalue weighted by Crippen LogP contribution is 2.36. The van der Waals surface area contributed by atoms with Gasteiger partial charge in [-0.25, -0.2) is 0 Å². The third-order valence-corrected chi connectivity index (χ3v) is 8.42. The highest BCUT2D eigenvalue weighted by Gasteiger charge is 2.18. The summed E-state index contributed by atoms with van der Waals surface area (Å²) in [5.41, 5.74) is 8.01. The Balaban J connectivity index is 1.23. The zero-order valence-corrected chi connectivity index (χ0v) is 26.7. The van der Waals surface area contributed by atoms with Crippen LogP contribution in [0.25, 0.3) is 22.2 Å². The standard InChI is InChI=1S/C36H35ClN6O3/c1-24-28(7-6-8-30(24)27-9-10-33-32(15-27)42-36(46-33)41-23-39-2)22-45-35-16-34(44-21-26-13-25(17-38)18-40-19-26)29(14-31(35)37)20-43-11-4-3-5-12-43/h6-10,13-16,18-19,23H,3-5,11-12,20-22H2,1-2H3,(H,39,41,42). The molecule has 0 radical (unpaired) electrons. The molecule has 0 amide bonds. The molecule has 2 aromatic heterocycles. The predicted molar refractivity (Wildman–Crippen MR) is 180 cm³/mol. The first-order valence-electron chi connectivity index (χ1n) is 15.3. The van der Waals surface area contributed by atoms with E-state index in [2.05, 4.69) is 50.3 Å². The summed E-state index contributed by atoms with van der Waals surface area (Å²) in [5.74, 6) is 1.25. The van der Waals surface area contributed by atoms with Crippen molar-refractivity contribution in [3.8, 4) is 28.7 Å². The van der Waals surface area contributed by atoms with E-state index < -0.39 is 0 Å². The lowest BCUT2D eigenvalue weighted by Crippen LogP contribution is -2.29. The number of aliphatic imine (C=N–C) groups is 1. The van der Waals surface area contributed by atoms with Crippen molar-refractivity contribution in [3.05, 3.63) is 99.8 Å². The maximum Gasteiger partial charge on any atom is 0.300 e. The molecule has 234 valence electrons. The van der Waals surface area contributed by atoms with E-state index in [9.17, 15) is 5.26 Å². The van der Waals surface area contributed by atoms with Gasteiger partial charge in [0.25, 0.3) is 0 Å². The molecule has 5 aromatic rings. The Labute approximate surface area is 273 Å². The molecule has 1 fully saturated rings. The fourth-order valence-corrected chi connectivity index (χ4v) is 5.92. The molecular formula is C36H35ClN6O3. The van der Waals surface area contributed by atoms with Crippen LogP contribution < -0.4 is 14.8 Å². The molecular weight excluding hydrogens is 600 g/mol. The van der Waals surface area contributed by atoms with Gasteiger partial charge in [0.15, 0.2) is 5.58 Å². The number of halogens is 1. The van der Waals surface area contributed by atoms with E-state index in [1.807, 2.05) is 36.4 Å². The molecule has 1 aliphatic rings. The Morgan fingerprint density at radius 3 is 2.70 bits per heavy atom. The number of oxazole rings is 1. The van der Waals surface area contributed by atoms with Gasteiger partial charge < -0.3 is 19.2 Å². The van der Waals surface area contributed by atoms with Crippen molar-refractivity contribution >= 4 is 35.1 Å². The van der Waals surface area contributed by atoms with Crippen LogP contribution in [0.2, 0.25) is 5.02 Å². The van der Waals surface area contributed by atoms with Crippen molar-refractivity contribution < 1.29 is 13.9 Å². The number of hydrogen-bond donors (Lipinski definition) is 1. The van der Waals surface area contributed by atoms with E-state index in [0.717, 1.165) is 58.5 Å². The number of nitriles is 1. The molecule has 46 heavy (non-hydrogen) atoms. The smallest absolute Gasteiger partial charge is 0.300 e. The van der Waals surface area contributed by atoms with Crippen LogP contribution in [0.5, 0.6) is 11.5 Å². The molecule has 1 N–H and O–H groups in total. The van der Waals surface area contributed by atoms with Crippen LogP contribution in [0.1, 0.15) is 47.1 Å². The average Bonchev–Trinajstić information content (AvgIpc) is 3.50. The number of likely N-dealkylation sites (tertiary alicyclic amines) is 1. The van der Waals surface area contributed by atoms with Gasteiger partial charge in [0.1, 0.15) is 36.3 Å². The number of piperidine rings is 1. The largest absolute Gasteiger partial charge is 0.488 e. The number of benzene rings is 3. The number of fused-ring (bicyclic) bond motifs is 1. The molecule has 0 spiro atoms. The van der Waals surface area contributed by atoms with E-state index in [0.29, 0.717) is 40.3 Å². The highest BCUT2D eigenvalue weighted by molar-refractivity contribution is 6.32. The van der Waals surface area contributed by atoms with Crippen molar-refractivity contribution in [2.24, 2.45) is 4.99 Å². The first-order chi connectivity index (χ1) is 22.5. The minimum atomic E-state index is 0.275. The fraction of sp³-hybridized carbons (Fsp3) is 0.278. The van der Waals surface area contributed by atoms with Gasteiger partial charge in [0.2, 0.25) is 0 Å². The Hall–Kier alpha value is -4.91. The number of nitrogens with one attached hydrogen (secondary N) is 1. The third-order valence-electron chi connectivity index (χ3n) is 8.12. The van der Waals surface area contributed by atoms with Gasteiger partial charge >= 0.3 is 6.01 Å². The Kier molecular flexibility index (Phi) is 9.77. The molecule has 3 aromatic carbocycles. The fourth-order valence-electron chi connectivity index (χ4n) is 5.68. The quantitative estimate of drug-likeness (QED) is 0.115. The molecule has 9 nitrogen and oxygen atoms in total. The summed E-state index contributed by atoms with van der Waals surface area (Å²) in [7, 11) is 1.68. The Morgan fingerprint density at radius 1 is 1.02 bits per heavy atom. The molecule has 1 aliphatic heterocycles. The first-order valence-corrected chi connectivity index (χ1v) is 15.7. The summed E-state index contributed by atoms with van der Waals surface area (Å²) in [6.45, 7) is 5.54. The summed E-state index contributed by atoms with van der Waals surface area (Å²) in [5, 5.41) is 12.7. The van der Waals surface area contributed by atoms with Gasteiger partial charge in [-0.2, -0.15) is 10.2 Å². The molecule has 0 bridgehead atoms. The molecule has 0 atom stereocenters. The van der Waals surface area contributed by atoms with Crippen LogP contribution in [-0.4, -0.2) is 41.3 Å². The third kappa shape index (κ3) is 7.31. The van der Waals surface area contributed by atoms with E-state index in [1.165, 1.54) is 25.6 Å². The maximum absolute atomic E-state index is 9.28. The van der Waals surface area contributed by atoms with Crippen LogP contribution in [0.15, 0.2) is 76.4 Å². The van der Waals surface area contributed by atoms with Crippen LogP contribution in [0.3, 0.4) is 0 Å². The molecule has 0 aliphatic carbocycles. The van der Waals surface area contributed by atoms with Crippen LogP contribution >= 0.6 is 11.6 Å². The normalized spacial score (nSPS) is 13.6. The monoisotopic (exact) mass is 634 g/mol. The molecule has 1 saturated heterocycles. The number of aromatic nitrogens is 2.